The van der Waals surface area contributed by atoms with Crippen LogP contribution < -0.4 is 5.32 Å². The summed E-state index contributed by atoms with van der Waals surface area (Å²) in [4.78, 5) is 41.4. The number of amides is 4. The normalized spacial score (nSPS) is 30.4. The minimum Gasteiger partial charge on any atom is -0.372 e. The molecule has 2 saturated heterocycles. The van der Waals surface area contributed by atoms with Gasteiger partial charge in [-0.25, -0.2) is 4.79 Å². The van der Waals surface area contributed by atoms with Crippen molar-refractivity contribution < 1.29 is 19.1 Å². The maximum Gasteiger partial charge on any atom is 0.325 e. The molecule has 3 unspecified atom stereocenters. The largest absolute Gasteiger partial charge is 0.372 e. The van der Waals surface area contributed by atoms with Crippen LogP contribution in [0.3, 0.4) is 0 Å². The summed E-state index contributed by atoms with van der Waals surface area (Å²) in [6.45, 7) is 4.55. The minimum atomic E-state index is -1.03. The van der Waals surface area contributed by atoms with Gasteiger partial charge < -0.3 is 15.0 Å². The molecule has 144 valence electrons. The predicted molar refractivity (Wildman–Crippen MR) is 97.9 cm³/mol. The number of nitrogens with zero attached hydrogens (tertiary/aromatic N) is 2. The molecule has 2 fully saturated rings. The number of carbonyl (C=O) groups is 3. The molecule has 1 N–H and O–H groups in total. The van der Waals surface area contributed by atoms with Gasteiger partial charge in [0.25, 0.3) is 5.91 Å². The lowest BCUT2D eigenvalue weighted by Gasteiger charge is -2.36. The topological polar surface area (TPSA) is 79.0 Å². The lowest BCUT2D eigenvalue weighted by molar-refractivity contribution is -0.147. The summed E-state index contributed by atoms with van der Waals surface area (Å²) in [7, 11) is 0. The predicted octanol–water partition coefficient (Wildman–Crippen LogP) is 1.41. The molecule has 1 aromatic carbocycles. The number of aryl methyl sites for hydroxylation is 1. The van der Waals surface area contributed by atoms with E-state index in [-0.39, 0.29) is 30.6 Å². The first kappa shape index (κ1) is 18.0. The lowest BCUT2D eigenvalue weighted by Crippen LogP contribution is -2.52. The number of morpholine rings is 1. The summed E-state index contributed by atoms with van der Waals surface area (Å²) >= 11 is 0. The molecule has 0 radical (unpaired) electrons. The maximum atomic E-state index is 13.2. The van der Waals surface area contributed by atoms with Gasteiger partial charge in [0.2, 0.25) is 5.91 Å². The number of imide groups is 1. The van der Waals surface area contributed by atoms with Gasteiger partial charge in [-0.05, 0) is 44.2 Å². The van der Waals surface area contributed by atoms with Gasteiger partial charge in [0.15, 0.2) is 0 Å². The third-order valence-electron chi connectivity index (χ3n) is 5.72. The smallest absolute Gasteiger partial charge is 0.325 e. The quantitative estimate of drug-likeness (QED) is 0.797. The van der Waals surface area contributed by atoms with Crippen molar-refractivity contribution in [2.24, 2.45) is 0 Å². The molecular weight excluding hydrogens is 346 g/mol. The van der Waals surface area contributed by atoms with Crippen LogP contribution in [0.15, 0.2) is 24.3 Å². The van der Waals surface area contributed by atoms with Gasteiger partial charge in [0.1, 0.15) is 12.1 Å². The fraction of sp³-hybridized carbons (Fsp3) is 0.550. The molecule has 0 bridgehead atoms. The monoisotopic (exact) mass is 371 g/mol. The summed E-state index contributed by atoms with van der Waals surface area (Å²) < 4.78 is 5.65. The molecule has 2 heterocycles. The minimum absolute atomic E-state index is 0.0580. The maximum absolute atomic E-state index is 13.2. The summed E-state index contributed by atoms with van der Waals surface area (Å²) in [6.07, 6.45) is 2.16. The Balaban J connectivity index is 1.55. The van der Waals surface area contributed by atoms with E-state index < -0.39 is 11.6 Å². The van der Waals surface area contributed by atoms with Gasteiger partial charge in [-0.3, -0.25) is 14.5 Å². The Hall–Kier alpha value is -2.41. The standard InChI is InChI=1S/C20H25N3O4/c1-13-10-22(11-14(2)27-13)17(24)12-23-18(25)20(21-19(23)26)9-5-7-15-6-3-4-8-16(15)20/h3-4,6,8,13-14H,5,7,9-12H2,1-2H3,(H,21,26). The zero-order valence-electron chi connectivity index (χ0n) is 15.7. The van der Waals surface area contributed by atoms with Crippen molar-refractivity contribution >= 4 is 17.8 Å². The lowest BCUT2D eigenvalue weighted by atomic mass is 9.76. The molecular formula is C20H25N3O4. The molecule has 3 aliphatic rings. The van der Waals surface area contributed by atoms with E-state index in [9.17, 15) is 14.4 Å². The highest BCUT2D eigenvalue weighted by atomic mass is 16.5. The third kappa shape index (κ3) is 3.00. The SMILES string of the molecule is CC1CN(C(=O)CN2C(=O)NC3(CCCc4ccccc43)C2=O)CC(C)O1. The number of fused-ring (bicyclic) bond motifs is 2. The highest BCUT2D eigenvalue weighted by Crippen LogP contribution is 2.39. The highest BCUT2D eigenvalue weighted by molar-refractivity contribution is 6.09. The van der Waals surface area contributed by atoms with Crippen molar-refractivity contribution in [3.8, 4) is 0 Å². The van der Waals surface area contributed by atoms with Crippen LogP contribution in [0.5, 0.6) is 0 Å². The summed E-state index contributed by atoms with van der Waals surface area (Å²) in [5.74, 6) is -0.538. The van der Waals surface area contributed by atoms with Crippen LogP contribution in [-0.2, 0) is 26.3 Å². The Bertz CT molecular complexity index is 785. The second-order valence-electron chi connectivity index (χ2n) is 7.79. The molecule has 27 heavy (non-hydrogen) atoms. The molecule has 1 aromatic rings. The van der Waals surface area contributed by atoms with Crippen LogP contribution in [-0.4, -0.2) is 59.5 Å². The van der Waals surface area contributed by atoms with E-state index in [2.05, 4.69) is 5.32 Å². The third-order valence-corrected chi connectivity index (χ3v) is 5.72. The van der Waals surface area contributed by atoms with E-state index in [0.29, 0.717) is 19.5 Å². The first-order valence-electron chi connectivity index (χ1n) is 9.56. The molecule has 2 aliphatic heterocycles. The zero-order valence-corrected chi connectivity index (χ0v) is 15.7. The average molecular weight is 371 g/mol. The van der Waals surface area contributed by atoms with Gasteiger partial charge in [-0.15, -0.1) is 0 Å². The molecule has 1 spiro atoms. The van der Waals surface area contributed by atoms with Crippen molar-refractivity contribution in [1.29, 1.82) is 0 Å². The van der Waals surface area contributed by atoms with Crippen molar-refractivity contribution in [2.75, 3.05) is 19.6 Å². The Morgan fingerprint density at radius 1 is 1.22 bits per heavy atom. The van der Waals surface area contributed by atoms with E-state index in [1.165, 1.54) is 0 Å². The molecule has 7 heteroatoms. The number of hydrogen-bond acceptors (Lipinski definition) is 4. The molecule has 1 aliphatic carbocycles. The van der Waals surface area contributed by atoms with Crippen LogP contribution in [0, 0.1) is 0 Å². The van der Waals surface area contributed by atoms with E-state index in [1.807, 2.05) is 38.1 Å². The molecule has 4 amide bonds. The summed E-state index contributed by atoms with van der Waals surface area (Å²) in [6, 6.07) is 7.25. The number of urea groups is 1. The summed E-state index contributed by atoms with van der Waals surface area (Å²) in [5, 5.41) is 2.89. The van der Waals surface area contributed by atoms with Gasteiger partial charge in [-0.2, -0.15) is 0 Å². The number of nitrogens with one attached hydrogen (secondary N) is 1. The van der Waals surface area contributed by atoms with E-state index in [4.69, 9.17) is 4.74 Å². The Morgan fingerprint density at radius 2 is 1.93 bits per heavy atom. The van der Waals surface area contributed by atoms with E-state index >= 15 is 0 Å². The van der Waals surface area contributed by atoms with Gasteiger partial charge >= 0.3 is 6.03 Å². The van der Waals surface area contributed by atoms with Crippen LogP contribution in [0.2, 0.25) is 0 Å². The van der Waals surface area contributed by atoms with Crippen molar-refractivity contribution in [2.45, 2.75) is 50.9 Å². The van der Waals surface area contributed by atoms with Crippen molar-refractivity contribution in [3.63, 3.8) is 0 Å². The second-order valence-corrected chi connectivity index (χ2v) is 7.79. The van der Waals surface area contributed by atoms with Crippen molar-refractivity contribution in [1.82, 2.24) is 15.1 Å². The number of carbonyl (C=O) groups excluding carboxylic acids is 3. The van der Waals surface area contributed by atoms with E-state index in [1.54, 1.807) is 4.90 Å². The first-order valence-corrected chi connectivity index (χ1v) is 9.56. The molecule has 7 nitrogen and oxygen atoms in total. The van der Waals surface area contributed by atoms with E-state index in [0.717, 1.165) is 28.9 Å². The van der Waals surface area contributed by atoms with Crippen LogP contribution in [0.4, 0.5) is 4.79 Å². The molecule has 4 rings (SSSR count). The Labute approximate surface area is 158 Å². The highest BCUT2D eigenvalue weighted by Gasteiger charge is 2.54. The molecule has 3 atom stereocenters. The van der Waals surface area contributed by atoms with Gasteiger partial charge in [0, 0.05) is 13.1 Å². The number of benzene rings is 1. The van der Waals surface area contributed by atoms with Crippen LogP contribution in [0.1, 0.15) is 37.8 Å². The number of ether oxygens (including phenoxy) is 1. The summed E-state index contributed by atoms with van der Waals surface area (Å²) in [5.41, 5.74) is 0.914. The fourth-order valence-electron chi connectivity index (χ4n) is 4.57. The van der Waals surface area contributed by atoms with Crippen molar-refractivity contribution in [3.05, 3.63) is 35.4 Å². The van der Waals surface area contributed by atoms with Gasteiger partial charge in [-0.1, -0.05) is 24.3 Å². The second kappa shape index (κ2) is 6.64. The molecule has 0 saturated carbocycles. The zero-order chi connectivity index (χ0) is 19.2. The van der Waals surface area contributed by atoms with Crippen LogP contribution in [0.25, 0.3) is 0 Å². The number of rotatable bonds is 2. The van der Waals surface area contributed by atoms with Crippen LogP contribution >= 0.6 is 0 Å². The Morgan fingerprint density at radius 3 is 2.67 bits per heavy atom. The van der Waals surface area contributed by atoms with Gasteiger partial charge in [0.05, 0.1) is 12.2 Å². The Kier molecular flexibility index (Phi) is 4.42. The molecule has 0 aromatic heterocycles. The first-order chi connectivity index (χ1) is 12.9. The average Bonchev–Trinajstić information content (AvgIpc) is 2.86. The fourth-order valence-corrected chi connectivity index (χ4v) is 4.57. The number of hydrogen-bond donors (Lipinski definition) is 1.